The standard InChI is InChI=1S/C15H28N4OS/c1-9(2)11-6-7-12(16-5)13(8-11)21-15-18-17-14(20)19(15)10(3)4/h9-13,16H,6-8H2,1-5H3,(H,17,20). The van der Waals surface area contributed by atoms with Crippen LogP contribution in [0.1, 0.15) is 53.0 Å². The van der Waals surface area contributed by atoms with Crippen LogP contribution in [0.5, 0.6) is 0 Å². The fraction of sp³-hybridized carbons (Fsp3) is 0.867. The molecule has 0 aliphatic heterocycles. The van der Waals surface area contributed by atoms with Gasteiger partial charge in [0.15, 0.2) is 5.16 Å². The first kappa shape index (κ1) is 16.6. The fourth-order valence-corrected chi connectivity index (χ4v) is 4.75. The second-order valence-electron chi connectivity index (χ2n) is 6.64. The molecule has 1 aliphatic carbocycles. The first-order valence-electron chi connectivity index (χ1n) is 7.94. The molecule has 6 heteroatoms. The Morgan fingerprint density at radius 3 is 2.62 bits per heavy atom. The van der Waals surface area contributed by atoms with E-state index in [4.69, 9.17) is 0 Å². The largest absolute Gasteiger partial charge is 0.344 e. The molecule has 0 saturated heterocycles. The van der Waals surface area contributed by atoms with E-state index in [0.717, 1.165) is 17.0 Å². The molecule has 1 aliphatic rings. The van der Waals surface area contributed by atoms with Gasteiger partial charge < -0.3 is 5.32 Å². The number of thioether (sulfide) groups is 1. The van der Waals surface area contributed by atoms with Gasteiger partial charge in [-0.1, -0.05) is 25.6 Å². The van der Waals surface area contributed by atoms with E-state index in [-0.39, 0.29) is 11.7 Å². The van der Waals surface area contributed by atoms with E-state index in [9.17, 15) is 4.79 Å². The van der Waals surface area contributed by atoms with Gasteiger partial charge in [-0.3, -0.25) is 4.57 Å². The molecule has 1 aromatic rings. The van der Waals surface area contributed by atoms with Crippen molar-refractivity contribution < 1.29 is 0 Å². The minimum Gasteiger partial charge on any atom is -0.316 e. The summed E-state index contributed by atoms with van der Waals surface area (Å²) in [7, 11) is 2.04. The van der Waals surface area contributed by atoms with Gasteiger partial charge in [-0.25, -0.2) is 9.89 Å². The zero-order valence-corrected chi connectivity index (χ0v) is 14.5. The zero-order valence-electron chi connectivity index (χ0n) is 13.7. The van der Waals surface area contributed by atoms with Crippen LogP contribution in [0.4, 0.5) is 0 Å². The summed E-state index contributed by atoms with van der Waals surface area (Å²) in [6, 6.07) is 0.633. The van der Waals surface area contributed by atoms with E-state index in [1.54, 1.807) is 16.3 Å². The second-order valence-corrected chi connectivity index (χ2v) is 7.85. The van der Waals surface area contributed by atoms with Crippen molar-refractivity contribution in [1.82, 2.24) is 20.1 Å². The molecule has 1 heterocycles. The van der Waals surface area contributed by atoms with Crippen LogP contribution in [-0.4, -0.2) is 33.1 Å². The topological polar surface area (TPSA) is 62.7 Å². The van der Waals surface area contributed by atoms with Gasteiger partial charge in [0.05, 0.1) is 0 Å². The van der Waals surface area contributed by atoms with Gasteiger partial charge in [-0.2, -0.15) is 0 Å². The molecule has 0 spiro atoms. The molecule has 3 unspecified atom stereocenters. The summed E-state index contributed by atoms with van der Waals surface area (Å²) in [6.45, 7) is 8.66. The molecule has 21 heavy (non-hydrogen) atoms. The highest BCUT2D eigenvalue weighted by Crippen LogP contribution is 2.38. The number of hydrogen-bond donors (Lipinski definition) is 2. The van der Waals surface area contributed by atoms with Crippen molar-refractivity contribution in [2.24, 2.45) is 11.8 Å². The summed E-state index contributed by atoms with van der Waals surface area (Å²) < 4.78 is 1.76. The lowest BCUT2D eigenvalue weighted by Crippen LogP contribution is -2.42. The van der Waals surface area contributed by atoms with Gasteiger partial charge in [0.1, 0.15) is 0 Å². The molecule has 0 bridgehead atoms. The normalized spacial score (nSPS) is 26.7. The predicted octanol–water partition coefficient (Wildman–Crippen LogP) is 2.66. The highest BCUT2D eigenvalue weighted by atomic mass is 32.2. The number of rotatable bonds is 5. The minimum absolute atomic E-state index is 0.107. The lowest BCUT2D eigenvalue weighted by Gasteiger charge is -2.37. The first-order valence-corrected chi connectivity index (χ1v) is 8.82. The Morgan fingerprint density at radius 2 is 2.05 bits per heavy atom. The van der Waals surface area contributed by atoms with Crippen molar-refractivity contribution >= 4 is 11.8 Å². The van der Waals surface area contributed by atoms with Crippen LogP contribution in [0.25, 0.3) is 0 Å². The Bertz CT molecular complexity index is 508. The van der Waals surface area contributed by atoms with E-state index in [1.807, 2.05) is 20.9 Å². The monoisotopic (exact) mass is 312 g/mol. The van der Waals surface area contributed by atoms with Crippen LogP contribution in [0, 0.1) is 11.8 Å². The molecule has 2 rings (SSSR count). The molecule has 3 atom stereocenters. The van der Waals surface area contributed by atoms with Crippen LogP contribution in [-0.2, 0) is 0 Å². The molecular formula is C15H28N4OS. The Labute approximate surface area is 131 Å². The van der Waals surface area contributed by atoms with Crippen LogP contribution < -0.4 is 11.0 Å². The Hall–Kier alpha value is -0.750. The molecule has 0 amide bonds. The molecule has 0 radical (unpaired) electrons. The third-order valence-electron chi connectivity index (χ3n) is 4.59. The zero-order chi connectivity index (χ0) is 15.6. The van der Waals surface area contributed by atoms with Crippen molar-refractivity contribution in [2.45, 2.75) is 69.4 Å². The van der Waals surface area contributed by atoms with E-state index in [1.165, 1.54) is 19.3 Å². The summed E-state index contributed by atoms with van der Waals surface area (Å²) >= 11 is 1.75. The maximum absolute atomic E-state index is 11.9. The summed E-state index contributed by atoms with van der Waals surface area (Å²) in [5.41, 5.74) is -0.107. The van der Waals surface area contributed by atoms with E-state index >= 15 is 0 Å². The highest BCUT2D eigenvalue weighted by molar-refractivity contribution is 7.99. The van der Waals surface area contributed by atoms with E-state index in [0.29, 0.717) is 11.3 Å². The molecular weight excluding hydrogens is 284 g/mol. The third-order valence-corrected chi connectivity index (χ3v) is 5.91. The van der Waals surface area contributed by atoms with Crippen molar-refractivity contribution in [2.75, 3.05) is 7.05 Å². The van der Waals surface area contributed by atoms with Gasteiger partial charge in [0, 0.05) is 17.3 Å². The summed E-state index contributed by atoms with van der Waals surface area (Å²) in [6.07, 6.45) is 3.68. The highest BCUT2D eigenvalue weighted by Gasteiger charge is 2.33. The number of nitrogens with one attached hydrogen (secondary N) is 2. The molecule has 2 N–H and O–H groups in total. The van der Waals surface area contributed by atoms with Crippen LogP contribution >= 0.6 is 11.8 Å². The number of H-pyrrole nitrogens is 1. The SMILES string of the molecule is CNC1CCC(C(C)C)CC1Sc1n[nH]c(=O)n1C(C)C. The minimum atomic E-state index is -0.107. The van der Waals surface area contributed by atoms with Gasteiger partial charge in [-0.05, 0) is 52.0 Å². The fourth-order valence-electron chi connectivity index (χ4n) is 3.19. The Balaban J connectivity index is 2.17. The van der Waals surface area contributed by atoms with E-state index in [2.05, 4.69) is 29.4 Å². The number of aromatic nitrogens is 3. The second kappa shape index (κ2) is 7.01. The third kappa shape index (κ3) is 3.72. The molecule has 1 fully saturated rings. The molecule has 0 aromatic carbocycles. The summed E-state index contributed by atoms with van der Waals surface area (Å²) in [4.78, 5) is 11.9. The number of hydrogen-bond acceptors (Lipinski definition) is 4. The van der Waals surface area contributed by atoms with Crippen molar-refractivity contribution in [1.29, 1.82) is 0 Å². The maximum Gasteiger partial charge on any atom is 0.344 e. The van der Waals surface area contributed by atoms with Gasteiger partial charge in [0.25, 0.3) is 0 Å². The van der Waals surface area contributed by atoms with Gasteiger partial charge in [0.2, 0.25) is 0 Å². The van der Waals surface area contributed by atoms with Crippen LogP contribution in [0.3, 0.4) is 0 Å². The van der Waals surface area contributed by atoms with Crippen LogP contribution in [0.2, 0.25) is 0 Å². The van der Waals surface area contributed by atoms with Crippen LogP contribution in [0.15, 0.2) is 9.95 Å². The average molecular weight is 312 g/mol. The molecule has 120 valence electrons. The summed E-state index contributed by atoms with van der Waals surface area (Å²) in [5, 5.41) is 11.6. The van der Waals surface area contributed by atoms with Gasteiger partial charge in [-0.15, -0.1) is 5.10 Å². The lowest BCUT2D eigenvalue weighted by atomic mass is 9.79. The average Bonchev–Trinajstić information content (AvgIpc) is 2.79. The Morgan fingerprint density at radius 1 is 1.33 bits per heavy atom. The Kier molecular flexibility index (Phi) is 5.54. The molecule has 1 aromatic heterocycles. The maximum atomic E-state index is 11.9. The first-order chi connectivity index (χ1) is 9.93. The molecule has 5 nitrogen and oxygen atoms in total. The number of nitrogens with zero attached hydrogens (tertiary/aromatic N) is 2. The lowest BCUT2D eigenvalue weighted by molar-refractivity contribution is 0.251. The number of aromatic amines is 1. The summed E-state index contributed by atoms with van der Waals surface area (Å²) in [5.74, 6) is 1.49. The van der Waals surface area contributed by atoms with Gasteiger partial charge >= 0.3 is 5.69 Å². The predicted molar refractivity (Wildman–Crippen MR) is 87.9 cm³/mol. The van der Waals surface area contributed by atoms with Crippen molar-refractivity contribution in [3.63, 3.8) is 0 Å². The van der Waals surface area contributed by atoms with Crippen molar-refractivity contribution in [3.05, 3.63) is 10.5 Å². The smallest absolute Gasteiger partial charge is 0.316 e. The molecule has 1 saturated carbocycles. The van der Waals surface area contributed by atoms with Crippen molar-refractivity contribution in [3.8, 4) is 0 Å². The van der Waals surface area contributed by atoms with E-state index < -0.39 is 0 Å². The quantitative estimate of drug-likeness (QED) is 0.877.